The lowest BCUT2D eigenvalue weighted by molar-refractivity contribution is -0.114. The SMILES string of the molecule is CC(=O)Nc1ccc(OCCN2CCCC2)cc1. The van der Waals surface area contributed by atoms with E-state index in [1.165, 1.54) is 32.9 Å². The molecule has 18 heavy (non-hydrogen) atoms. The van der Waals surface area contributed by atoms with Gasteiger partial charge in [0, 0.05) is 19.2 Å². The molecular formula is C14H20N2O2. The van der Waals surface area contributed by atoms with Gasteiger partial charge in [0.15, 0.2) is 0 Å². The van der Waals surface area contributed by atoms with E-state index < -0.39 is 0 Å². The third kappa shape index (κ3) is 4.04. The van der Waals surface area contributed by atoms with E-state index in [9.17, 15) is 4.79 Å². The van der Waals surface area contributed by atoms with Gasteiger partial charge in [-0.2, -0.15) is 0 Å². The summed E-state index contributed by atoms with van der Waals surface area (Å²) < 4.78 is 5.67. The number of hydrogen-bond acceptors (Lipinski definition) is 3. The number of carbonyl (C=O) groups excluding carboxylic acids is 1. The number of amides is 1. The molecule has 0 bridgehead atoms. The van der Waals surface area contributed by atoms with Crippen molar-refractivity contribution in [3.05, 3.63) is 24.3 Å². The van der Waals surface area contributed by atoms with Crippen molar-refractivity contribution in [3.8, 4) is 5.75 Å². The molecule has 0 saturated carbocycles. The minimum absolute atomic E-state index is 0.0577. The van der Waals surface area contributed by atoms with Crippen molar-refractivity contribution < 1.29 is 9.53 Å². The van der Waals surface area contributed by atoms with E-state index in [1.54, 1.807) is 0 Å². The molecule has 4 heteroatoms. The Morgan fingerprint density at radius 1 is 1.28 bits per heavy atom. The van der Waals surface area contributed by atoms with E-state index in [1.807, 2.05) is 24.3 Å². The third-order valence-electron chi connectivity index (χ3n) is 3.05. The molecule has 0 unspecified atom stereocenters. The maximum absolute atomic E-state index is 10.9. The van der Waals surface area contributed by atoms with Crippen molar-refractivity contribution in [2.24, 2.45) is 0 Å². The summed E-state index contributed by atoms with van der Waals surface area (Å²) in [6.45, 7) is 5.61. The first-order valence-electron chi connectivity index (χ1n) is 6.47. The first-order chi connectivity index (χ1) is 8.74. The van der Waals surface area contributed by atoms with Crippen molar-refractivity contribution >= 4 is 11.6 Å². The standard InChI is InChI=1S/C14H20N2O2/c1-12(17)15-13-4-6-14(7-5-13)18-11-10-16-8-2-3-9-16/h4-7H,2-3,8-11H2,1H3,(H,15,17). The first kappa shape index (κ1) is 12.9. The van der Waals surface area contributed by atoms with Crippen LogP contribution in [0, 0.1) is 0 Å². The molecule has 1 aliphatic rings. The molecule has 2 rings (SSSR count). The lowest BCUT2D eigenvalue weighted by Gasteiger charge is -2.15. The molecule has 1 aromatic rings. The smallest absolute Gasteiger partial charge is 0.221 e. The van der Waals surface area contributed by atoms with Crippen LogP contribution < -0.4 is 10.1 Å². The monoisotopic (exact) mass is 248 g/mol. The molecule has 1 heterocycles. The van der Waals surface area contributed by atoms with Crippen molar-refractivity contribution in [1.82, 2.24) is 4.90 Å². The topological polar surface area (TPSA) is 41.6 Å². The molecule has 1 aromatic carbocycles. The van der Waals surface area contributed by atoms with Crippen molar-refractivity contribution in [2.75, 3.05) is 31.6 Å². The second-order valence-corrected chi connectivity index (χ2v) is 4.60. The molecule has 1 aliphatic heterocycles. The highest BCUT2D eigenvalue weighted by atomic mass is 16.5. The number of rotatable bonds is 5. The lowest BCUT2D eigenvalue weighted by Crippen LogP contribution is -2.25. The summed E-state index contributed by atoms with van der Waals surface area (Å²) in [7, 11) is 0. The number of hydrogen-bond donors (Lipinski definition) is 1. The van der Waals surface area contributed by atoms with Crippen molar-refractivity contribution in [1.29, 1.82) is 0 Å². The van der Waals surface area contributed by atoms with Crippen LogP contribution in [0.5, 0.6) is 5.75 Å². The van der Waals surface area contributed by atoms with Gasteiger partial charge in [0.1, 0.15) is 12.4 Å². The zero-order valence-corrected chi connectivity index (χ0v) is 10.8. The quantitative estimate of drug-likeness (QED) is 0.867. The number of ether oxygens (including phenoxy) is 1. The Hall–Kier alpha value is -1.55. The fourth-order valence-electron chi connectivity index (χ4n) is 2.14. The molecule has 1 saturated heterocycles. The Bertz CT molecular complexity index is 383. The number of anilines is 1. The molecule has 0 aliphatic carbocycles. The molecular weight excluding hydrogens is 228 g/mol. The molecule has 0 aromatic heterocycles. The summed E-state index contributed by atoms with van der Waals surface area (Å²) in [5, 5.41) is 2.73. The average molecular weight is 248 g/mol. The van der Waals surface area contributed by atoms with Crippen LogP contribution in [0.1, 0.15) is 19.8 Å². The van der Waals surface area contributed by atoms with E-state index in [-0.39, 0.29) is 5.91 Å². The number of benzene rings is 1. The van der Waals surface area contributed by atoms with Crippen molar-refractivity contribution in [3.63, 3.8) is 0 Å². The van der Waals surface area contributed by atoms with Crippen LogP contribution in [0.25, 0.3) is 0 Å². The van der Waals surface area contributed by atoms with Crippen molar-refractivity contribution in [2.45, 2.75) is 19.8 Å². The summed E-state index contributed by atoms with van der Waals surface area (Å²) in [4.78, 5) is 13.3. The molecule has 1 amide bonds. The summed E-state index contributed by atoms with van der Waals surface area (Å²) in [6.07, 6.45) is 2.62. The molecule has 0 radical (unpaired) electrons. The van der Waals surface area contributed by atoms with Gasteiger partial charge in [0.2, 0.25) is 5.91 Å². The van der Waals surface area contributed by atoms with E-state index in [0.29, 0.717) is 0 Å². The second-order valence-electron chi connectivity index (χ2n) is 4.60. The minimum Gasteiger partial charge on any atom is -0.492 e. The van der Waals surface area contributed by atoms with Crippen LogP contribution in [0.4, 0.5) is 5.69 Å². The number of nitrogens with zero attached hydrogens (tertiary/aromatic N) is 1. The Morgan fingerprint density at radius 2 is 1.94 bits per heavy atom. The van der Waals surface area contributed by atoms with Crippen LogP contribution in [-0.2, 0) is 4.79 Å². The fourth-order valence-corrected chi connectivity index (χ4v) is 2.14. The Labute approximate surface area is 108 Å². The zero-order valence-electron chi connectivity index (χ0n) is 10.8. The van der Waals surface area contributed by atoms with Gasteiger partial charge in [0.25, 0.3) is 0 Å². The highest BCUT2D eigenvalue weighted by Crippen LogP contribution is 2.16. The Balaban J connectivity index is 1.73. The number of carbonyl (C=O) groups is 1. The molecule has 1 fully saturated rings. The molecule has 98 valence electrons. The maximum Gasteiger partial charge on any atom is 0.221 e. The van der Waals surface area contributed by atoms with Gasteiger partial charge in [-0.1, -0.05) is 0 Å². The van der Waals surface area contributed by atoms with Crippen LogP contribution in [0.2, 0.25) is 0 Å². The van der Waals surface area contributed by atoms with Gasteiger partial charge in [-0.15, -0.1) is 0 Å². The molecule has 0 atom stereocenters. The van der Waals surface area contributed by atoms with E-state index in [4.69, 9.17) is 4.74 Å². The molecule has 0 spiro atoms. The van der Waals surface area contributed by atoms with Gasteiger partial charge < -0.3 is 10.1 Å². The average Bonchev–Trinajstić information content (AvgIpc) is 2.84. The van der Waals surface area contributed by atoms with Crippen LogP contribution >= 0.6 is 0 Å². The zero-order chi connectivity index (χ0) is 12.8. The van der Waals surface area contributed by atoms with E-state index >= 15 is 0 Å². The van der Waals surface area contributed by atoms with E-state index in [2.05, 4.69) is 10.2 Å². The van der Waals surface area contributed by atoms with Gasteiger partial charge in [-0.25, -0.2) is 0 Å². The minimum atomic E-state index is -0.0577. The maximum atomic E-state index is 10.9. The first-order valence-corrected chi connectivity index (χ1v) is 6.47. The summed E-state index contributed by atoms with van der Waals surface area (Å²) >= 11 is 0. The van der Waals surface area contributed by atoms with Gasteiger partial charge >= 0.3 is 0 Å². The van der Waals surface area contributed by atoms with E-state index in [0.717, 1.165) is 24.6 Å². The lowest BCUT2D eigenvalue weighted by atomic mass is 10.3. The van der Waals surface area contributed by atoms with Crippen LogP contribution in [0.3, 0.4) is 0 Å². The third-order valence-corrected chi connectivity index (χ3v) is 3.05. The Kier molecular flexibility index (Phi) is 4.59. The summed E-state index contributed by atoms with van der Waals surface area (Å²) in [5.74, 6) is 0.793. The van der Waals surface area contributed by atoms with Gasteiger partial charge in [0.05, 0.1) is 0 Å². The van der Waals surface area contributed by atoms with Crippen LogP contribution in [-0.4, -0.2) is 37.0 Å². The number of nitrogens with one attached hydrogen (secondary N) is 1. The second kappa shape index (κ2) is 6.40. The summed E-state index contributed by atoms with van der Waals surface area (Å²) in [6, 6.07) is 7.48. The van der Waals surface area contributed by atoms with Gasteiger partial charge in [-0.05, 0) is 50.2 Å². The molecule has 4 nitrogen and oxygen atoms in total. The van der Waals surface area contributed by atoms with Gasteiger partial charge in [-0.3, -0.25) is 9.69 Å². The highest BCUT2D eigenvalue weighted by Gasteiger charge is 2.10. The normalized spacial score (nSPS) is 15.6. The number of likely N-dealkylation sites (tertiary alicyclic amines) is 1. The fraction of sp³-hybridized carbons (Fsp3) is 0.500. The largest absolute Gasteiger partial charge is 0.492 e. The predicted molar refractivity (Wildman–Crippen MR) is 71.9 cm³/mol. The molecule has 1 N–H and O–H groups in total. The highest BCUT2D eigenvalue weighted by molar-refractivity contribution is 5.88. The summed E-state index contributed by atoms with van der Waals surface area (Å²) in [5.41, 5.74) is 0.800. The predicted octanol–water partition coefficient (Wildman–Crippen LogP) is 2.12. The van der Waals surface area contributed by atoms with Crippen LogP contribution in [0.15, 0.2) is 24.3 Å². The Morgan fingerprint density at radius 3 is 2.56 bits per heavy atom.